The van der Waals surface area contributed by atoms with E-state index in [0.717, 1.165) is 19.3 Å². The summed E-state index contributed by atoms with van der Waals surface area (Å²) in [6.07, 6.45) is 3.85. The third kappa shape index (κ3) is 7.17. The van der Waals surface area contributed by atoms with Crippen molar-refractivity contribution in [2.75, 3.05) is 5.32 Å². The fourth-order valence-corrected chi connectivity index (χ4v) is 2.27. The van der Waals surface area contributed by atoms with Gasteiger partial charge in [-0.15, -0.1) is 0 Å². The van der Waals surface area contributed by atoms with Gasteiger partial charge in [-0.2, -0.15) is 0 Å². The highest BCUT2D eigenvalue weighted by molar-refractivity contribution is 6.02. The molecule has 24 heavy (non-hydrogen) atoms. The van der Waals surface area contributed by atoms with Gasteiger partial charge in [-0.05, 0) is 44.9 Å². The minimum Gasteiger partial charge on any atom is -0.370 e. The van der Waals surface area contributed by atoms with E-state index in [1.807, 2.05) is 0 Å². The fraction of sp³-hybridized carbons (Fsp3) is 0.444. The van der Waals surface area contributed by atoms with Gasteiger partial charge in [-0.25, -0.2) is 0 Å². The molecule has 1 aromatic carbocycles. The molecule has 0 saturated carbocycles. The molecule has 0 aliphatic carbocycles. The molecule has 0 aliphatic rings. The van der Waals surface area contributed by atoms with E-state index in [-0.39, 0.29) is 23.4 Å². The Balaban J connectivity index is 2.53. The maximum atomic E-state index is 12.0. The summed E-state index contributed by atoms with van der Waals surface area (Å²) in [5.41, 5.74) is 6.29. The van der Waals surface area contributed by atoms with E-state index in [2.05, 4.69) is 5.32 Å². The predicted octanol–water partition coefficient (Wildman–Crippen LogP) is 2.86. The molecule has 6 nitrogen and oxygen atoms in total. The number of nitrogens with two attached hydrogens (primary N) is 1. The number of ketones is 2. The van der Waals surface area contributed by atoms with Crippen LogP contribution in [0.25, 0.3) is 0 Å². The Morgan fingerprint density at radius 2 is 1.33 bits per heavy atom. The molecule has 0 heterocycles. The molecule has 0 saturated heterocycles. The third-order valence-electron chi connectivity index (χ3n) is 3.61. The number of nitrogens with one attached hydrogen (secondary N) is 1. The summed E-state index contributed by atoms with van der Waals surface area (Å²) in [6, 6.07) is 4.66. The number of amides is 2. The summed E-state index contributed by atoms with van der Waals surface area (Å²) in [5, 5.41) is 2.72. The Morgan fingerprint density at radius 3 is 1.79 bits per heavy atom. The average Bonchev–Trinajstić information content (AvgIpc) is 2.49. The molecule has 0 fully saturated rings. The molecule has 0 aromatic heterocycles. The SMILES string of the molecule is CC(=O)c1cc(NC(=O)CCCCCCC(N)=O)cc(C(C)=O)c1. The van der Waals surface area contributed by atoms with E-state index in [1.54, 1.807) is 12.1 Å². The fourth-order valence-electron chi connectivity index (χ4n) is 2.27. The minimum atomic E-state index is -0.306. The van der Waals surface area contributed by atoms with Gasteiger partial charge in [0.15, 0.2) is 11.6 Å². The van der Waals surface area contributed by atoms with Crippen LogP contribution in [0.15, 0.2) is 18.2 Å². The number of carbonyl (C=O) groups is 4. The zero-order chi connectivity index (χ0) is 18.1. The van der Waals surface area contributed by atoms with Crippen molar-refractivity contribution in [3.63, 3.8) is 0 Å². The van der Waals surface area contributed by atoms with Crippen LogP contribution in [0.5, 0.6) is 0 Å². The van der Waals surface area contributed by atoms with Crippen LogP contribution in [-0.4, -0.2) is 23.4 Å². The second kappa shape index (κ2) is 9.60. The number of hydrogen-bond acceptors (Lipinski definition) is 4. The van der Waals surface area contributed by atoms with Gasteiger partial charge in [0.2, 0.25) is 11.8 Å². The van der Waals surface area contributed by atoms with Gasteiger partial charge in [0.05, 0.1) is 0 Å². The summed E-state index contributed by atoms with van der Waals surface area (Å²) < 4.78 is 0. The average molecular weight is 332 g/mol. The lowest BCUT2D eigenvalue weighted by molar-refractivity contribution is -0.118. The third-order valence-corrected chi connectivity index (χ3v) is 3.61. The minimum absolute atomic E-state index is 0.164. The van der Waals surface area contributed by atoms with Crippen LogP contribution in [-0.2, 0) is 9.59 Å². The first kappa shape index (κ1) is 19.5. The van der Waals surface area contributed by atoms with Crippen molar-refractivity contribution in [1.29, 1.82) is 0 Å². The summed E-state index contributed by atoms with van der Waals surface area (Å²) in [4.78, 5) is 45.6. The van der Waals surface area contributed by atoms with E-state index in [1.165, 1.54) is 19.9 Å². The number of rotatable bonds is 10. The van der Waals surface area contributed by atoms with Crippen molar-refractivity contribution in [2.24, 2.45) is 5.73 Å². The maximum absolute atomic E-state index is 12.0. The molecule has 2 amide bonds. The van der Waals surface area contributed by atoms with E-state index < -0.39 is 0 Å². The molecule has 6 heteroatoms. The van der Waals surface area contributed by atoms with Gasteiger partial charge in [0.25, 0.3) is 0 Å². The first-order valence-corrected chi connectivity index (χ1v) is 8.04. The second-order valence-corrected chi connectivity index (χ2v) is 5.84. The van der Waals surface area contributed by atoms with Crippen LogP contribution >= 0.6 is 0 Å². The van der Waals surface area contributed by atoms with Gasteiger partial charge < -0.3 is 11.1 Å². The Bertz CT molecular complexity index is 606. The van der Waals surface area contributed by atoms with E-state index in [4.69, 9.17) is 5.73 Å². The predicted molar refractivity (Wildman–Crippen MR) is 92.0 cm³/mol. The molecule has 0 atom stereocenters. The van der Waals surface area contributed by atoms with Crippen molar-refractivity contribution in [3.05, 3.63) is 29.3 Å². The lowest BCUT2D eigenvalue weighted by Crippen LogP contribution is -2.12. The number of Topliss-reactive ketones (excluding diaryl/α,β-unsaturated/α-hetero) is 2. The summed E-state index contributed by atoms with van der Waals surface area (Å²) >= 11 is 0. The van der Waals surface area contributed by atoms with Crippen LogP contribution in [0.1, 0.15) is 73.1 Å². The standard InChI is InChI=1S/C18H24N2O4/c1-12(21)14-9-15(13(2)22)11-16(10-14)20-18(24)8-6-4-3-5-7-17(19)23/h9-11H,3-8H2,1-2H3,(H2,19,23)(H,20,24). The maximum Gasteiger partial charge on any atom is 0.224 e. The molecule has 0 bridgehead atoms. The molecule has 130 valence electrons. The first-order chi connectivity index (χ1) is 11.3. The van der Waals surface area contributed by atoms with Crippen LogP contribution in [0, 0.1) is 0 Å². The number of unbranched alkanes of at least 4 members (excludes halogenated alkanes) is 3. The Labute approximate surface area is 141 Å². The molecule has 0 unspecified atom stereocenters. The molecule has 3 N–H and O–H groups in total. The normalized spacial score (nSPS) is 10.2. The zero-order valence-electron chi connectivity index (χ0n) is 14.2. The number of primary amides is 1. The molecule has 1 rings (SSSR count). The Kier molecular flexibility index (Phi) is 7.82. The van der Waals surface area contributed by atoms with E-state index in [0.29, 0.717) is 36.1 Å². The van der Waals surface area contributed by atoms with Gasteiger partial charge in [-0.1, -0.05) is 12.8 Å². The van der Waals surface area contributed by atoms with Crippen LogP contribution < -0.4 is 11.1 Å². The summed E-state index contributed by atoms with van der Waals surface area (Å²) in [6.45, 7) is 2.83. The number of benzene rings is 1. The lowest BCUT2D eigenvalue weighted by Gasteiger charge is -2.09. The van der Waals surface area contributed by atoms with Crippen molar-refractivity contribution in [3.8, 4) is 0 Å². The zero-order valence-corrected chi connectivity index (χ0v) is 14.2. The van der Waals surface area contributed by atoms with Gasteiger partial charge in [0, 0.05) is 29.7 Å². The van der Waals surface area contributed by atoms with Gasteiger partial charge >= 0.3 is 0 Å². The highest BCUT2D eigenvalue weighted by atomic mass is 16.2. The molecule has 0 aliphatic heterocycles. The van der Waals surface area contributed by atoms with E-state index in [9.17, 15) is 19.2 Å². The molecular formula is C18H24N2O4. The highest BCUT2D eigenvalue weighted by Gasteiger charge is 2.10. The van der Waals surface area contributed by atoms with E-state index >= 15 is 0 Å². The van der Waals surface area contributed by atoms with Crippen LogP contribution in [0.4, 0.5) is 5.69 Å². The molecule has 1 aromatic rings. The van der Waals surface area contributed by atoms with Crippen molar-refractivity contribution >= 4 is 29.1 Å². The summed E-state index contributed by atoms with van der Waals surface area (Å²) in [7, 11) is 0. The van der Waals surface area contributed by atoms with Crippen molar-refractivity contribution < 1.29 is 19.2 Å². The Hall–Kier alpha value is -2.50. The van der Waals surface area contributed by atoms with Crippen molar-refractivity contribution in [1.82, 2.24) is 0 Å². The van der Waals surface area contributed by atoms with Gasteiger partial charge in [-0.3, -0.25) is 19.2 Å². The van der Waals surface area contributed by atoms with Crippen molar-refractivity contribution in [2.45, 2.75) is 52.4 Å². The Morgan fingerprint density at radius 1 is 0.833 bits per heavy atom. The smallest absolute Gasteiger partial charge is 0.224 e. The lowest BCUT2D eigenvalue weighted by atomic mass is 10.0. The van der Waals surface area contributed by atoms with Crippen LogP contribution in [0.2, 0.25) is 0 Å². The monoisotopic (exact) mass is 332 g/mol. The second-order valence-electron chi connectivity index (χ2n) is 5.84. The molecule has 0 spiro atoms. The first-order valence-electron chi connectivity index (χ1n) is 8.04. The number of hydrogen-bond donors (Lipinski definition) is 2. The number of carbonyl (C=O) groups excluding carboxylic acids is 4. The van der Waals surface area contributed by atoms with Crippen LogP contribution in [0.3, 0.4) is 0 Å². The quantitative estimate of drug-likeness (QED) is 0.507. The summed E-state index contributed by atoms with van der Waals surface area (Å²) in [5.74, 6) is -0.800. The van der Waals surface area contributed by atoms with Gasteiger partial charge in [0.1, 0.15) is 0 Å². The highest BCUT2D eigenvalue weighted by Crippen LogP contribution is 2.17. The number of anilines is 1. The molecule has 0 radical (unpaired) electrons. The topological polar surface area (TPSA) is 106 Å². The largest absolute Gasteiger partial charge is 0.370 e. The molecular weight excluding hydrogens is 308 g/mol.